The van der Waals surface area contributed by atoms with Crippen LogP contribution in [0.5, 0.6) is 0 Å². The van der Waals surface area contributed by atoms with Crippen molar-refractivity contribution >= 4 is 22.6 Å². The first-order valence-electron chi connectivity index (χ1n) is 10.3. The van der Waals surface area contributed by atoms with E-state index in [1.54, 1.807) is 25.4 Å². The lowest BCUT2D eigenvalue weighted by Gasteiger charge is -2.10. The molecular weight excluding hydrogens is 421 g/mol. The van der Waals surface area contributed by atoms with Crippen molar-refractivity contribution in [2.45, 2.75) is 20.8 Å². The average Bonchev–Trinajstić information content (AvgIpc) is 3.42. The Morgan fingerprint density at radius 3 is 2.61 bits per heavy atom. The molecule has 0 atom stereocenters. The van der Waals surface area contributed by atoms with Crippen molar-refractivity contribution in [1.82, 2.24) is 29.8 Å². The maximum Gasteiger partial charge on any atom is 0.255 e. The van der Waals surface area contributed by atoms with E-state index in [-0.39, 0.29) is 11.6 Å². The van der Waals surface area contributed by atoms with Gasteiger partial charge < -0.3 is 5.32 Å². The molecule has 3 aromatic carbocycles. The van der Waals surface area contributed by atoms with Gasteiger partial charge in [-0.25, -0.2) is 9.37 Å². The number of imidazole rings is 1. The summed E-state index contributed by atoms with van der Waals surface area (Å²) in [4.78, 5) is 17.4. The summed E-state index contributed by atoms with van der Waals surface area (Å²) in [7, 11) is 0. The Labute approximate surface area is 188 Å². The summed E-state index contributed by atoms with van der Waals surface area (Å²) in [6.45, 7) is 5.76. The third-order valence-corrected chi connectivity index (χ3v) is 5.49. The summed E-state index contributed by atoms with van der Waals surface area (Å²) >= 11 is 0. The summed E-state index contributed by atoms with van der Waals surface area (Å²) in [6, 6.07) is 15.9. The third-order valence-electron chi connectivity index (χ3n) is 5.49. The Morgan fingerprint density at radius 2 is 1.82 bits per heavy atom. The number of benzene rings is 3. The van der Waals surface area contributed by atoms with Gasteiger partial charge in [-0.15, -0.1) is 5.10 Å². The van der Waals surface area contributed by atoms with Crippen LogP contribution < -0.4 is 5.32 Å². The first-order chi connectivity index (χ1) is 15.9. The smallest absolute Gasteiger partial charge is 0.255 e. The molecule has 5 rings (SSSR count). The van der Waals surface area contributed by atoms with Crippen LogP contribution in [0.25, 0.3) is 22.4 Å². The topological polar surface area (TPSA) is 90.5 Å². The van der Waals surface area contributed by atoms with E-state index in [4.69, 9.17) is 0 Å². The van der Waals surface area contributed by atoms with Crippen molar-refractivity contribution in [2.75, 3.05) is 5.32 Å². The monoisotopic (exact) mass is 441 g/mol. The normalized spacial score (nSPS) is 11.2. The quantitative estimate of drug-likeness (QED) is 0.449. The minimum absolute atomic E-state index is 0.151. The zero-order chi connectivity index (χ0) is 23.1. The summed E-state index contributed by atoms with van der Waals surface area (Å²) in [5.74, 6) is -0.395. The average molecular weight is 441 g/mol. The highest BCUT2D eigenvalue weighted by molar-refractivity contribution is 6.06. The zero-order valence-electron chi connectivity index (χ0n) is 18.2. The molecule has 0 saturated carbocycles. The molecule has 8 nitrogen and oxygen atoms in total. The van der Waals surface area contributed by atoms with Crippen molar-refractivity contribution in [3.8, 4) is 11.4 Å². The molecule has 1 amide bonds. The highest BCUT2D eigenvalue weighted by Gasteiger charge is 2.14. The van der Waals surface area contributed by atoms with Crippen LogP contribution in [0.2, 0.25) is 0 Å². The molecule has 164 valence electrons. The lowest BCUT2D eigenvalue weighted by molar-refractivity contribution is 0.102. The van der Waals surface area contributed by atoms with Gasteiger partial charge in [0.15, 0.2) is 5.82 Å². The lowest BCUT2D eigenvalue weighted by atomic mass is 10.1. The minimum atomic E-state index is -0.498. The molecule has 2 heterocycles. The minimum Gasteiger partial charge on any atom is -0.322 e. The highest BCUT2D eigenvalue weighted by atomic mass is 19.1. The van der Waals surface area contributed by atoms with E-state index in [9.17, 15) is 9.18 Å². The Balaban J connectivity index is 1.44. The van der Waals surface area contributed by atoms with E-state index < -0.39 is 5.82 Å². The van der Waals surface area contributed by atoms with Gasteiger partial charge in [-0.05, 0) is 84.8 Å². The molecule has 9 heteroatoms. The summed E-state index contributed by atoms with van der Waals surface area (Å²) in [5.41, 5.74) is 5.96. The Kier molecular flexibility index (Phi) is 4.93. The van der Waals surface area contributed by atoms with Gasteiger partial charge >= 0.3 is 0 Å². The van der Waals surface area contributed by atoms with Gasteiger partial charge in [0.1, 0.15) is 17.8 Å². The van der Waals surface area contributed by atoms with Crippen molar-refractivity contribution in [3.05, 3.63) is 89.3 Å². The van der Waals surface area contributed by atoms with Crippen LogP contribution in [0.15, 0.2) is 60.9 Å². The van der Waals surface area contributed by atoms with Crippen LogP contribution >= 0.6 is 0 Å². The number of aryl methyl sites for hydroxylation is 3. The molecule has 0 spiro atoms. The molecular formula is C24H20FN7O. The third kappa shape index (κ3) is 3.73. The van der Waals surface area contributed by atoms with E-state index in [2.05, 4.69) is 50.9 Å². The first-order valence-corrected chi connectivity index (χ1v) is 10.3. The number of aromatic nitrogens is 6. The van der Waals surface area contributed by atoms with Crippen LogP contribution in [0.1, 0.15) is 27.3 Å². The Morgan fingerprint density at radius 1 is 0.970 bits per heavy atom. The number of carbonyl (C=O) groups excluding carboxylic acids is 1. The predicted octanol–water partition coefficient (Wildman–Crippen LogP) is 4.32. The molecule has 0 aliphatic carbocycles. The van der Waals surface area contributed by atoms with E-state index in [1.165, 1.54) is 22.9 Å². The molecule has 1 N–H and O–H groups in total. The molecule has 0 unspecified atom stereocenters. The largest absolute Gasteiger partial charge is 0.322 e. The van der Waals surface area contributed by atoms with E-state index >= 15 is 0 Å². The molecule has 0 aliphatic rings. The number of amides is 1. The van der Waals surface area contributed by atoms with Crippen molar-refractivity contribution in [2.24, 2.45) is 0 Å². The van der Waals surface area contributed by atoms with Crippen LogP contribution in [0, 0.1) is 26.6 Å². The fourth-order valence-corrected chi connectivity index (χ4v) is 3.74. The van der Waals surface area contributed by atoms with Crippen molar-refractivity contribution in [3.63, 3.8) is 0 Å². The SMILES string of the molecule is Cc1ccc(C)c(-n2cnc3cc(C(=O)Nc4ccc(F)c(-n5nnnc5C)c4)ccc32)c1. The fraction of sp³-hybridized carbons (Fsp3) is 0.125. The number of tetrazole rings is 1. The molecule has 5 aromatic rings. The number of carbonyl (C=O) groups is 1. The maximum absolute atomic E-state index is 14.3. The fourth-order valence-electron chi connectivity index (χ4n) is 3.74. The number of halogens is 1. The number of nitrogens with one attached hydrogen (secondary N) is 1. The van der Waals surface area contributed by atoms with Gasteiger partial charge in [0.2, 0.25) is 0 Å². The molecule has 2 aromatic heterocycles. The number of hydrogen-bond donors (Lipinski definition) is 1. The van der Waals surface area contributed by atoms with Crippen LogP contribution in [-0.4, -0.2) is 35.7 Å². The van der Waals surface area contributed by atoms with Gasteiger partial charge in [-0.2, -0.15) is 4.68 Å². The number of rotatable bonds is 4. The first kappa shape index (κ1) is 20.5. The maximum atomic E-state index is 14.3. The predicted molar refractivity (Wildman–Crippen MR) is 122 cm³/mol. The van der Waals surface area contributed by atoms with Gasteiger partial charge in [0, 0.05) is 11.3 Å². The second kappa shape index (κ2) is 7.94. The molecule has 0 fully saturated rings. The number of fused-ring (bicyclic) bond motifs is 1. The molecule has 0 radical (unpaired) electrons. The molecule has 33 heavy (non-hydrogen) atoms. The second-order valence-electron chi connectivity index (χ2n) is 7.87. The van der Waals surface area contributed by atoms with Crippen molar-refractivity contribution < 1.29 is 9.18 Å². The second-order valence-corrected chi connectivity index (χ2v) is 7.87. The number of nitrogens with zero attached hydrogens (tertiary/aromatic N) is 6. The standard InChI is InChI=1S/C24H20FN7O/c1-14-4-5-15(2)22(10-14)31-13-26-20-11-17(6-9-21(20)31)24(33)27-18-7-8-19(25)23(12-18)32-16(3)28-29-30-32/h4-13H,1-3H3,(H,27,33). The van der Waals surface area contributed by atoms with Crippen molar-refractivity contribution in [1.29, 1.82) is 0 Å². The van der Waals surface area contributed by atoms with Crippen LogP contribution in [0.3, 0.4) is 0 Å². The van der Waals surface area contributed by atoms with Crippen LogP contribution in [0.4, 0.5) is 10.1 Å². The zero-order valence-corrected chi connectivity index (χ0v) is 18.2. The summed E-state index contributed by atoms with van der Waals surface area (Å²) in [6.07, 6.45) is 1.76. The van der Waals surface area contributed by atoms with E-state index in [1.807, 2.05) is 17.6 Å². The van der Waals surface area contributed by atoms with Gasteiger partial charge in [-0.1, -0.05) is 12.1 Å². The van der Waals surface area contributed by atoms with E-state index in [0.29, 0.717) is 22.6 Å². The highest BCUT2D eigenvalue weighted by Crippen LogP contribution is 2.24. The summed E-state index contributed by atoms with van der Waals surface area (Å²) in [5, 5.41) is 13.9. The van der Waals surface area contributed by atoms with Gasteiger partial charge in [-0.3, -0.25) is 9.36 Å². The van der Waals surface area contributed by atoms with E-state index in [0.717, 1.165) is 22.3 Å². The molecule has 0 aliphatic heterocycles. The Hall–Kier alpha value is -4.40. The van der Waals surface area contributed by atoms with Crippen LogP contribution in [-0.2, 0) is 0 Å². The van der Waals surface area contributed by atoms with Gasteiger partial charge in [0.05, 0.1) is 16.7 Å². The summed E-state index contributed by atoms with van der Waals surface area (Å²) < 4.78 is 17.6. The number of anilines is 1. The lowest BCUT2D eigenvalue weighted by Crippen LogP contribution is -2.13. The molecule has 0 saturated heterocycles. The number of hydrogen-bond acceptors (Lipinski definition) is 5. The molecule has 0 bridgehead atoms. The Bertz CT molecular complexity index is 1520. The van der Waals surface area contributed by atoms with Gasteiger partial charge in [0.25, 0.3) is 5.91 Å².